The first kappa shape index (κ1) is 24.1. The molecule has 3 N–H and O–H groups in total. The second kappa shape index (κ2) is 9.99. The van der Waals surface area contributed by atoms with E-state index in [4.69, 9.17) is 10.2 Å². The molecule has 15 heteroatoms. The molecule has 0 aromatic rings. The van der Waals surface area contributed by atoms with Crippen molar-refractivity contribution in [3.8, 4) is 0 Å². The van der Waals surface area contributed by atoms with Gasteiger partial charge < -0.3 is 20.4 Å². The Balaban J connectivity index is 2.43. The van der Waals surface area contributed by atoms with Gasteiger partial charge in [-0.25, -0.2) is 4.79 Å². The molecule has 1 heterocycles. The van der Waals surface area contributed by atoms with E-state index in [0.717, 1.165) is 16.7 Å². The van der Waals surface area contributed by atoms with Crippen molar-refractivity contribution in [3.63, 3.8) is 0 Å². The molecule has 0 aromatic heterocycles. The van der Waals surface area contributed by atoms with Gasteiger partial charge in [0, 0.05) is 12.2 Å². The lowest BCUT2D eigenvalue weighted by molar-refractivity contribution is -0.809. The van der Waals surface area contributed by atoms with Gasteiger partial charge in [-0.2, -0.15) is 0 Å². The van der Waals surface area contributed by atoms with Crippen molar-refractivity contribution in [2.75, 3.05) is 24.6 Å². The molecule has 0 bridgehead atoms. The summed E-state index contributed by atoms with van der Waals surface area (Å²) in [5.74, 6) is -4.94. The average Bonchev–Trinajstić information content (AvgIpc) is 2.56. The first-order valence-electron chi connectivity index (χ1n) is 8.30. The first-order valence-corrected chi connectivity index (χ1v) is 9.45. The van der Waals surface area contributed by atoms with E-state index >= 15 is 0 Å². The van der Waals surface area contributed by atoms with Crippen molar-refractivity contribution in [1.82, 2.24) is 10.2 Å². The van der Waals surface area contributed by atoms with Crippen LogP contribution >= 0.6 is 11.8 Å². The Morgan fingerprint density at radius 3 is 2.14 bits per heavy atom. The van der Waals surface area contributed by atoms with Crippen LogP contribution in [0.25, 0.3) is 0 Å². The van der Waals surface area contributed by atoms with Gasteiger partial charge in [0.05, 0.1) is 11.7 Å². The van der Waals surface area contributed by atoms with E-state index in [0.29, 0.717) is 0 Å². The fourth-order valence-corrected chi connectivity index (χ4v) is 3.24. The monoisotopic (exact) mass is 436 g/mol. The van der Waals surface area contributed by atoms with Crippen molar-refractivity contribution in [3.05, 3.63) is 20.2 Å². The lowest BCUT2D eigenvalue weighted by Gasteiger charge is -2.36. The van der Waals surface area contributed by atoms with Gasteiger partial charge in [-0.3, -0.25) is 34.6 Å². The number of hydrogen-bond donors (Lipinski definition) is 3. The molecule has 1 aliphatic rings. The number of nitro groups is 2. The van der Waals surface area contributed by atoms with Gasteiger partial charge in [0.2, 0.25) is 11.8 Å². The zero-order valence-electron chi connectivity index (χ0n) is 15.3. The van der Waals surface area contributed by atoms with E-state index in [1.165, 1.54) is 6.92 Å². The standard InChI is InChI=1S/C14H20N4O10S/c1-8(12(21)22)2-3-10(19)15-9(13(23)24)4-29-5-11(20)16-6-14(7-16,17(25)26)18(27)28/h8-9H,2-7H2,1H3,(H,15,19)(H,21,22)(H,23,24)/t8?,9-/m0/s1. The minimum Gasteiger partial charge on any atom is -0.481 e. The molecular weight excluding hydrogens is 416 g/mol. The summed E-state index contributed by atoms with van der Waals surface area (Å²) < 4.78 is 0. The maximum absolute atomic E-state index is 11.9. The summed E-state index contributed by atoms with van der Waals surface area (Å²) >= 11 is 0.843. The van der Waals surface area contributed by atoms with Crippen LogP contribution in [0.3, 0.4) is 0 Å². The van der Waals surface area contributed by atoms with Gasteiger partial charge in [-0.1, -0.05) is 6.92 Å². The molecule has 29 heavy (non-hydrogen) atoms. The Kier molecular flexibility index (Phi) is 8.29. The molecule has 0 saturated carbocycles. The van der Waals surface area contributed by atoms with Crippen LogP contribution in [0.5, 0.6) is 0 Å². The highest BCUT2D eigenvalue weighted by atomic mass is 32.2. The minimum atomic E-state index is -2.41. The van der Waals surface area contributed by atoms with Crippen molar-refractivity contribution >= 4 is 35.5 Å². The lowest BCUT2D eigenvalue weighted by Crippen LogP contribution is -2.71. The van der Waals surface area contributed by atoms with Crippen LogP contribution in [0.1, 0.15) is 19.8 Å². The summed E-state index contributed by atoms with van der Waals surface area (Å²) in [6.45, 7) is 0.0641. The van der Waals surface area contributed by atoms with E-state index in [1.54, 1.807) is 0 Å². The summed E-state index contributed by atoms with van der Waals surface area (Å²) in [5, 5.41) is 41.7. The number of nitrogens with one attached hydrogen (secondary N) is 1. The van der Waals surface area contributed by atoms with Gasteiger partial charge in [-0.05, 0) is 6.42 Å². The van der Waals surface area contributed by atoms with Gasteiger partial charge in [0.15, 0.2) is 13.1 Å². The molecule has 1 fully saturated rings. The van der Waals surface area contributed by atoms with Crippen molar-refractivity contribution < 1.29 is 39.2 Å². The summed E-state index contributed by atoms with van der Waals surface area (Å²) in [6, 6.07) is -1.33. The van der Waals surface area contributed by atoms with Crippen LogP contribution in [0, 0.1) is 26.1 Å². The van der Waals surface area contributed by atoms with E-state index in [9.17, 15) is 39.4 Å². The number of carboxylic acid groups (broad SMARTS) is 2. The smallest absolute Gasteiger partial charge is 0.481 e. The normalized spacial score (nSPS) is 16.8. The molecule has 0 radical (unpaired) electrons. The number of thioether (sulfide) groups is 1. The SMILES string of the molecule is CC(CCC(=O)N[C@@H](CSCC(=O)N1CC([N+](=O)[O-])([N+](=O)[O-])C1)C(=O)O)C(=O)O. The second-order valence-electron chi connectivity index (χ2n) is 6.50. The number of rotatable bonds is 12. The zero-order chi connectivity index (χ0) is 22.4. The average molecular weight is 436 g/mol. The van der Waals surface area contributed by atoms with E-state index in [2.05, 4.69) is 5.32 Å². The number of hydrogen-bond acceptors (Lipinski definition) is 9. The summed E-state index contributed by atoms with van der Waals surface area (Å²) in [6.07, 6.45) is -0.152. The van der Waals surface area contributed by atoms with Crippen LogP contribution in [0.15, 0.2) is 0 Å². The second-order valence-corrected chi connectivity index (χ2v) is 7.53. The molecule has 0 spiro atoms. The zero-order valence-corrected chi connectivity index (χ0v) is 16.1. The highest BCUT2D eigenvalue weighted by molar-refractivity contribution is 8.00. The third-order valence-electron chi connectivity index (χ3n) is 4.29. The fraction of sp³-hybridized carbons (Fsp3) is 0.714. The predicted octanol–water partition coefficient (Wildman–Crippen LogP) is -1.12. The van der Waals surface area contributed by atoms with Gasteiger partial charge in [-0.15, -0.1) is 11.8 Å². The number of likely N-dealkylation sites (tertiary alicyclic amines) is 1. The maximum atomic E-state index is 11.9. The molecule has 14 nitrogen and oxygen atoms in total. The number of carboxylic acids is 2. The quantitative estimate of drug-likeness (QED) is 0.189. The Morgan fingerprint density at radius 1 is 1.14 bits per heavy atom. The molecule has 2 atom stereocenters. The van der Waals surface area contributed by atoms with E-state index in [1.807, 2.05) is 0 Å². The Labute approximate surface area is 167 Å². The van der Waals surface area contributed by atoms with Crippen molar-refractivity contribution in [2.24, 2.45) is 5.92 Å². The van der Waals surface area contributed by atoms with Gasteiger partial charge in [0.1, 0.15) is 15.9 Å². The van der Waals surface area contributed by atoms with E-state index < -0.39 is 64.3 Å². The Hall–Kier alpha value is -2.97. The van der Waals surface area contributed by atoms with Crippen LogP contribution in [-0.4, -0.2) is 85.0 Å². The largest absolute Gasteiger partial charge is 0.492 e. The van der Waals surface area contributed by atoms with Crippen LogP contribution < -0.4 is 5.32 Å². The molecule has 2 amide bonds. The van der Waals surface area contributed by atoms with Crippen molar-refractivity contribution in [2.45, 2.75) is 31.5 Å². The minimum absolute atomic E-state index is 0.0305. The third-order valence-corrected chi connectivity index (χ3v) is 5.31. The molecule has 1 rings (SSSR count). The fourth-order valence-electron chi connectivity index (χ4n) is 2.31. The first-order chi connectivity index (χ1) is 13.4. The Bertz CT molecular complexity index is 693. The molecule has 162 valence electrons. The topological polar surface area (TPSA) is 210 Å². The number of aliphatic carboxylic acids is 2. The number of nitrogens with zero attached hydrogens (tertiary/aromatic N) is 3. The maximum Gasteiger partial charge on any atom is 0.492 e. The van der Waals surface area contributed by atoms with Gasteiger partial charge in [0.25, 0.3) is 0 Å². The molecule has 0 aromatic carbocycles. The molecule has 1 unspecified atom stereocenters. The highest BCUT2D eigenvalue weighted by Crippen LogP contribution is 2.26. The molecular formula is C14H20N4O10S. The molecule has 1 saturated heterocycles. The number of carbonyl (C=O) groups is 4. The van der Waals surface area contributed by atoms with Gasteiger partial charge >= 0.3 is 17.6 Å². The summed E-state index contributed by atoms with van der Waals surface area (Å²) in [5.41, 5.74) is -2.41. The lowest BCUT2D eigenvalue weighted by atomic mass is 10.0. The summed E-state index contributed by atoms with van der Waals surface area (Å²) in [4.78, 5) is 66.1. The highest BCUT2D eigenvalue weighted by Gasteiger charge is 2.67. The van der Waals surface area contributed by atoms with Crippen LogP contribution in [0.2, 0.25) is 0 Å². The third kappa shape index (κ3) is 6.27. The molecule has 1 aliphatic heterocycles. The number of amides is 2. The Morgan fingerprint density at radius 2 is 1.69 bits per heavy atom. The van der Waals surface area contributed by atoms with Crippen molar-refractivity contribution in [1.29, 1.82) is 0 Å². The predicted molar refractivity (Wildman–Crippen MR) is 96.2 cm³/mol. The number of carbonyl (C=O) groups excluding carboxylic acids is 2. The molecule has 0 aliphatic carbocycles. The van der Waals surface area contributed by atoms with Crippen LogP contribution in [-0.2, 0) is 19.2 Å². The van der Waals surface area contributed by atoms with Crippen LogP contribution in [0.4, 0.5) is 0 Å². The van der Waals surface area contributed by atoms with E-state index in [-0.39, 0.29) is 24.3 Å². The summed E-state index contributed by atoms with van der Waals surface area (Å²) in [7, 11) is 0.